The molecular formula is C7H2BrClF5N. The highest BCUT2D eigenvalue weighted by molar-refractivity contribution is 9.10. The van der Waals surface area contributed by atoms with Crippen LogP contribution in [0.2, 0.25) is 5.02 Å². The molecule has 0 radical (unpaired) electrons. The number of pyridine rings is 1. The molecular weight excluding hydrogens is 308 g/mol. The van der Waals surface area contributed by atoms with Gasteiger partial charge in [-0.15, -0.1) is 0 Å². The molecule has 15 heavy (non-hydrogen) atoms. The molecule has 0 aliphatic carbocycles. The third-order valence-corrected chi connectivity index (χ3v) is 2.52. The van der Waals surface area contributed by atoms with Crippen LogP contribution in [0.5, 0.6) is 0 Å². The summed E-state index contributed by atoms with van der Waals surface area (Å²) in [6.45, 7) is 0. The van der Waals surface area contributed by atoms with Crippen molar-refractivity contribution in [1.29, 1.82) is 0 Å². The van der Waals surface area contributed by atoms with Crippen molar-refractivity contribution >= 4 is 27.5 Å². The normalized spacial score (nSPS) is 12.3. The molecule has 0 N–H and O–H groups in total. The lowest BCUT2D eigenvalue weighted by molar-refractivity contribution is -0.138. The lowest BCUT2D eigenvalue weighted by Gasteiger charge is -2.12. The molecule has 0 spiro atoms. The van der Waals surface area contributed by atoms with Crippen LogP contribution in [-0.2, 0) is 6.18 Å². The summed E-state index contributed by atoms with van der Waals surface area (Å²) >= 11 is 7.73. The molecule has 0 aliphatic rings. The van der Waals surface area contributed by atoms with Crippen LogP contribution in [0.4, 0.5) is 22.0 Å². The van der Waals surface area contributed by atoms with Gasteiger partial charge in [-0.1, -0.05) is 11.6 Å². The first-order chi connectivity index (χ1) is 6.75. The summed E-state index contributed by atoms with van der Waals surface area (Å²) < 4.78 is 60.9. The number of aromatic nitrogens is 1. The van der Waals surface area contributed by atoms with Gasteiger partial charge in [0.25, 0.3) is 6.43 Å². The minimum atomic E-state index is -4.83. The number of alkyl halides is 5. The van der Waals surface area contributed by atoms with Gasteiger partial charge in [0.1, 0.15) is 10.2 Å². The van der Waals surface area contributed by atoms with E-state index in [0.717, 1.165) is 0 Å². The third-order valence-electron chi connectivity index (χ3n) is 1.51. The summed E-state index contributed by atoms with van der Waals surface area (Å²) in [4.78, 5) is 3.16. The third kappa shape index (κ3) is 2.57. The second kappa shape index (κ2) is 4.21. The van der Waals surface area contributed by atoms with Gasteiger partial charge >= 0.3 is 6.18 Å². The fraction of sp³-hybridized carbons (Fsp3) is 0.286. The van der Waals surface area contributed by atoms with Crippen molar-refractivity contribution in [3.63, 3.8) is 0 Å². The minimum absolute atomic E-state index is 0.603. The lowest BCUT2D eigenvalue weighted by atomic mass is 10.2. The zero-order chi connectivity index (χ0) is 11.8. The van der Waals surface area contributed by atoms with Crippen LogP contribution in [0.1, 0.15) is 17.6 Å². The topological polar surface area (TPSA) is 12.9 Å². The molecule has 0 bridgehead atoms. The highest BCUT2D eigenvalue weighted by Gasteiger charge is 2.38. The Morgan fingerprint density at radius 1 is 1.33 bits per heavy atom. The fourth-order valence-electron chi connectivity index (χ4n) is 0.876. The highest BCUT2D eigenvalue weighted by atomic mass is 79.9. The number of hydrogen-bond donors (Lipinski definition) is 0. The zero-order valence-corrected chi connectivity index (χ0v) is 9.09. The van der Waals surface area contributed by atoms with Crippen LogP contribution in [0, 0.1) is 0 Å². The van der Waals surface area contributed by atoms with Gasteiger partial charge in [0.05, 0.1) is 10.6 Å². The van der Waals surface area contributed by atoms with Gasteiger partial charge in [0, 0.05) is 6.20 Å². The molecule has 8 heteroatoms. The van der Waals surface area contributed by atoms with E-state index in [4.69, 9.17) is 11.6 Å². The van der Waals surface area contributed by atoms with Crippen molar-refractivity contribution in [2.24, 2.45) is 0 Å². The number of rotatable bonds is 1. The Morgan fingerprint density at radius 3 is 2.27 bits per heavy atom. The molecule has 0 fully saturated rings. The predicted molar refractivity (Wildman–Crippen MR) is 46.9 cm³/mol. The van der Waals surface area contributed by atoms with E-state index < -0.39 is 33.4 Å². The Morgan fingerprint density at radius 2 is 1.87 bits per heavy atom. The van der Waals surface area contributed by atoms with E-state index in [1.54, 1.807) is 0 Å². The second-order valence-corrected chi connectivity index (χ2v) is 3.62. The standard InChI is InChI=1S/C7H2BrClF5N/c8-5-3(7(12,13)14)4(9)2(1-15-5)6(10)11/h1,6H. The Kier molecular flexibility index (Phi) is 3.55. The Labute approximate surface area is 94.4 Å². The predicted octanol–water partition coefficient (Wildman–Crippen LogP) is 4.45. The molecule has 0 saturated carbocycles. The zero-order valence-electron chi connectivity index (χ0n) is 6.75. The number of halogens is 7. The molecule has 1 heterocycles. The molecule has 0 unspecified atom stereocenters. The van der Waals surface area contributed by atoms with Gasteiger partial charge in [0.2, 0.25) is 0 Å². The van der Waals surface area contributed by atoms with Crippen molar-refractivity contribution in [1.82, 2.24) is 4.98 Å². The van der Waals surface area contributed by atoms with Crippen molar-refractivity contribution in [2.75, 3.05) is 0 Å². The van der Waals surface area contributed by atoms with Crippen LogP contribution in [-0.4, -0.2) is 4.98 Å². The summed E-state index contributed by atoms with van der Waals surface area (Å²) in [5.41, 5.74) is -2.32. The maximum absolute atomic E-state index is 12.4. The van der Waals surface area contributed by atoms with Crippen LogP contribution >= 0.6 is 27.5 Å². The first-order valence-electron chi connectivity index (χ1n) is 3.44. The van der Waals surface area contributed by atoms with E-state index in [1.807, 2.05) is 0 Å². The van der Waals surface area contributed by atoms with Crippen molar-refractivity contribution in [3.05, 3.63) is 26.9 Å². The first-order valence-corrected chi connectivity index (χ1v) is 4.61. The van der Waals surface area contributed by atoms with Gasteiger partial charge in [-0.2, -0.15) is 13.2 Å². The number of hydrogen-bond acceptors (Lipinski definition) is 1. The van der Waals surface area contributed by atoms with E-state index in [2.05, 4.69) is 20.9 Å². The van der Waals surface area contributed by atoms with Gasteiger partial charge in [0.15, 0.2) is 0 Å². The van der Waals surface area contributed by atoms with E-state index in [9.17, 15) is 22.0 Å². The molecule has 0 atom stereocenters. The first kappa shape index (κ1) is 12.6. The quantitative estimate of drug-likeness (QED) is 0.551. The van der Waals surface area contributed by atoms with Gasteiger partial charge in [-0.3, -0.25) is 0 Å². The molecule has 0 amide bonds. The molecule has 0 aromatic carbocycles. The maximum Gasteiger partial charge on any atom is 0.420 e. The van der Waals surface area contributed by atoms with Crippen LogP contribution < -0.4 is 0 Å². The molecule has 1 nitrogen and oxygen atoms in total. The Bertz CT molecular complexity index is 378. The number of nitrogens with zero attached hydrogens (tertiary/aromatic N) is 1. The summed E-state index contributed by atoms with van der Waals surface area (Å²) in [7, 11) is 0. The van der Waals surface area contributed by atoms with Crippen LogP contribution in [0.3, 0.4) is 0 Å². The molecule has 84 valence electrons. The Hall–Kier alpha value is -0.430. The van der Waals surface area contributed by atoms with Crippen LogP contribution in [0.25, 0.3) is 0 Å². The van der Waals surface area contributed by atoms with Crippen molar-refractivity contribution in [3.8, 4) is 0 Å². The molecule has 1 aromatic rings. The van der Waals surface area contributed by atoms with Gasteiger partial charge in [-0.05, 0) is 15.9 Å². The van der Waals surface area contributed by atoms with Gasteiger partial charge < -0.3 is 0 Å². The largest absolute Gasteiger partial charge is 0.420 e. The maximum atomic E-state index is 12.4. The second-order valence-electron chi connectivity index (χ2n) is 2.49. The molecule has 1 aromatic heterocycles. The smallest absolute Gasteiger partial charge is 0.248 e. The van der Waals surface area contributed by atoms with Crippen LogP contribution in [0.15, 0.2) is 10.8 Å². The molecule has 0 saturated heterocycles. The summed E-state index contributed by atoms with van der Waals surface area (Å²) in [5, 5.41) is -1.03. The van der Waals surface area contributed by atoms with Crippen molar-refractivity contribution < 1.29 is 22.0 Å². The summed E-state index contributed by atoms with van der Waals surface area (Å²) in [5.74, 6) is 0. The van der Waals surface area contributed by atoms with Crippen molar-refractivity contribution in [2.45, 2.75) is 12.6 Å². The average molecular weight is 310 g/mol. The molecule has 1 rings (SSSR count). The Balaban J connectivity index is 3.44. The van der Waals surface area contributed by atoms with E-state index in [1.165, 1.54) is 0 Å². The monoisotopic (exact) mass is 309 g/mol. The minimum Gasteiger partial charge on any atom is -0.248 e. The van der Waals surface area contributed by atoms with Gasteiger partial charge in [-0.25, -0.2) is 13.8 Å². The van der Waals surface area contributed by atoms with E-state index in [-0.39, 0.29) is 0 Å². The average Bonchev–Trinajstić information content (AvgIpc) is 2.00. The fourth-order valence-corrected chi connectivity index (χ4v) is 1.84. The summed E-state index contributed by atoms with van der Waals surface area (Å²) in [6, 6.07) is 0. The summed E-state index contributed by atoms with van der Waals surface area (Å²) in [6.07, 6.45) is -7.32. The van der Waals surface area contributed by atoms with E-state index in [0.29, 0.717) is 6.20 Å². The van der Waals surface area contributed by atoms with E-state index >= 15 is 0 Å². The molecule has 0 aliphatic heterocycles. The lowest BCUT2D eigenvalue weighted by Crippen LogP contribution is -2.10. The highest BCUT2D eigenvalue weighted by Crippen LogP contribution is 2.42. The SMILES string of the molecule is FC(F)c1cnc(Br)c(C(F)(F)F)c1Cl.